The standard InChI is InChI=1S/C24H28N4O4S/c1-14(2)32-20-6-9-25-23(28-20)27-18-11-15(3)10-17(12-18)19-13-26-22(33-19)24(31)7-4-16(5-8-24)21(29)30/h6,9-14,16,31H,4-5,7-8H2,1-3H3,(H,29,30)(H,25,27,28)/t16-,24+. The van der Waals surface area contributed by atoms with Crippen molar-refractivity contribution in [1.82, 2.24) is 15.0 Å². The number of carboxylic acid groups (broad SMARTS) is 1. The van der Waals surface area contributed by atoms with Crippen molar-refractivity contribution in [3.8, 4) is 16.3 Å². The van der Waals surface area contributed by atoms with Crippen molar-refractivity contribution < 1.29 is 19.7 Å². The topological polar surface area (TPSA) is 117 Å². The summed E-state index contributed by atoms with van der Waals surface area (Å²) in [5.74, 6) is -0.226. The number of hydrogen-bond donors (Lipinski definition) is 3. The molecule has 0 radical (unpaired) electrons. The van der Waals surface area contributed by atoms with Crippen LogP contribution in [0.25, 0.3) is 10.4 Å². The molecular weight excluding hydrogens is 440 g/mol. The number of carboxylic acids is 1. The van der Waals surface area contributed by atoms with Gasteiger partial charge in [0.25, 0.3) is 0 Å². The Hall–Kier alpha value is -3.04. The molecule has 3 N–H and O–H groups in total. The third kappa shape index (κ3) is 5.48. The van der Waals surface area contributed by atoms with E-state index in [-0.39, 0.29) is 12.0 Å². The Morgan fingerprint density at radius 1 is 1.24 bits per heavy atom. The monoisotopic (exact) mass is 468 g/mol. The lowest BCUT2D eigenvalue weighted by atomic mass is 9.79. The maximum absolute atomic E-state index is 11.2. The smallest absolute Gasteiger partial charge is 0.306 e. The predicted octanol–water partition coefficient (Wildman–Crippen LogP) is 4.90. The normalized spacial score (nSPS) is 20.6. The molecule has 174 valence electrons. The fourth-order valence-electron chi connectivity index (χ4n) is 4.02. The molecule has 1 aliphatic rings. The number of hydrogen-bond acceptors (Lipinski definition) is 8. The number of aliphatic carboxylic acids is 1. The van der Waals surface area contributed by atoms with Gasteiger partial charge in [0, 0.05) is 24.1 Å². The van der Waals surface area contributed by atoms with Crippen molar-refractivity contribution in [2.24, 2.45) is 5.92 Å². The Labute approximate surface area is 196 Å². The number of benzene rings is 1. The van der Waals surface area contributed by atoms with Gasteiger partial charge < -0.3 is 20.3 Å². The van der Waals surface area contributed by atoms with Gasteiger partial charge >= 0.3 is 5.97 Å². The van der Waals surface area contributed by atoms with E-state index in [0.717, 1.165) is 21.7 Å². The number of rotatable bonds is 7. The summed E-state index contributed by atoms with van der Waals surface area (Å²) >= 11 is 1.45. The molecule has 1 aliphatic carbocycles. The Morgan fingerprint density at radius 3 is 2.70 bits per heavy atom. The fourth-order valence-corrected chi connectivity index (χ4v) is 5.06. The van der Waals surface area contributed by atoms with Gasteiger partial charge in [-0.25, -0.2) is 9.97 Å². The molecule has 9 heteroatoms. The van der Waals surface area contributed by atoms with E-state index in [9.17, 15) is 15.0 Å². The van der Waals surface area contributed by atoms with Crippen LogP contribution < -0.4 is 10.1 Å². The van der Waals surface area contributed by atoms with Gasteiger partial charge in [-0.05, 0) is 69.7 Å². The maximum atomic E-state index is 11.2. The van der Waals surface area contributed by atoms with E-state index < -0.39 is 11.6 Å². The summed E-state index contributed by atoms with van der Waals surface area (Å²) in [5.41, 5.74) is 1.80. The summed E-state index contributed by atoms with van der Waals surface area (Å²) in [6.45, 7) is 5.90. The highest BCUT2D eigenvalue weighted by molar-refractivity contribution is 7.15. The first-order chi connectivity index (χ1) is 15.7. The summed E-state index contributed by atoms with van der Waals surface area (Å²) < 4.78 is 5.64. The highest BCUT2D eigenvalue weighted by Crippen LogP contribution is 2.43. The van der Waals surface area contributed by atoms with Crippen molar-refractivity contribution in [3.05, 3.63) is 47.2 Å². The van der Waals surface area contributed by atoms with E-state index in [0.29, 0.717) is 42.5 Å². The zero-order chi connectivity index (χ0) is 23.6. The molecule has 0 spiro atoms. The van der Waals surface area contributed by atoms with Crippen molar-refractivity contribution >= 4 is 28.9 Å². The first-order valence-electron chi connectivity index (χ1n) is 11.0. The van der Waals surface area contributed by atoms with Crippen LogP contribution in [0.4, 0.5) is 11.6 Å². The van der Waals surface area contributed by atoms with Crippen LogP contribution in [0.1, 0.15) is 50.1 Å². The van der Waals surface area contributed by atoms with Gasteiger partial charge in [-0.1, -0.05) is 6.07 Å². The molecule has 0 saturated heterocycles. The molecule has 3 aromatic rings. The molecule has 0 atom stereocenters. The molecule has 0 unspecified atom stereocenters. The minimum absolute atomic E-state index is 0.0212. The largest absolute Gasteiger partial charge is 0.481 e. The molecule has 33 heavy (non-hydrogen) atoms. The van der Waals surface area contributed by atoms with E-state index in [1.165, 1.54) is 11.3 Å². The first-order valence-corrected chi connectivity index (χ1v) is 11.8. The summed E-state index contributed by atoms with van der Waals surface area (Å²) in [6, 6.07) is 7.79. The lowest BCUT2D eigenvalue weighted by molar-refractivity contribution is -0.145. The quantitative estimate of drug-likeness (QED) is 0.448. The van der Waals surface area contributed by atoms with Crippen molar-refractivity contribution in [2.45, 2.75) is 58.2 Å². The molecule has 2 aromatic heterocycles. The Balaban J connectivity index is 1.53. The molecule has 0 amide bonds. The average molecular weight is 469 g/mol. The van der Waals surface area contributed by atoms with Gasteiger partial charge in [-0.2, -0.15) is 4.98 Å². The fraction of sp³-hybridized carbons (Fsp3) is 0.417. The van der Waals surface area contributed by atoms with Crippen molar-refractivity contribution in [2.75, 3.05) is 5.32 Å². The molecule has 0 aliphatic heterocycles. The van der Waals surface area contributed by atoms with E-state index in [4.69, 9.17) is 4.74 Å². The molecule has 2 heterocycles. The maximum Gasteiger partial charge on any atom is 0.306 e. The zero-order valence-electron chi connectivity index (χ0n) is 18.9. The Morgan fingerprint density at radius 2 is 2.00 bits per heavy atom. The molecule has 1 saturated carbocycles. The molecular formula is C24H28N4O4S. The van der Waals surface area contributed by atoms with Crippen LogP contribution in [0.3, 0.4) is 0 Å². The van der Waals surface area contributed by atoms with Gasteiger partial charge in [0.15, 0.2) is 0 Å². The summed E-state index contributed by atoms with van der Waals surface area (Å²) in [5, 5.41) is 24.2. The third-order valence-corrected chi connectivity index (χ3v) is 6.91. The van der Waals surface area contributed by atoms with E-state index in [2.05, 4.69) is 26.3 Å². The van der Waals surface area contributed by atoms with Crippen molar-refractivity contribution in [3.63, 3.8) is 0 Å². The minimum Gasteiger partial charge on any atom is -0.481 e. The Kier molecular flexibility index (Phi) is 6.62. The number of thiazole rings is 1. The summed E-state index contributed by atoms with van der Waals surface area (Å²) in [7, 11) is 0. The first kappa shape index (κ1) is 23.1. The van der Waals surface area contributed by atoms with Gasteiger partial charge in [0.05, 0.1) is 16.9 Å². The molecule has 8 nitrogen and oxygen atoms in total. The number of aryl methyl sites for hydroxylation is 1. The highest BCUT2D eigenvalue weighted by atomic mass is 32.1. The number of nitrogens with zero attached hydrogens (tertiary/aromatic N) is 3. The second-order valence-corrected chi connectivity index (χ2v) is 9.80. The van der Waals surface area contributed by atoms with Crippen LogP contribution in [0.2, 0.25) is 0 Å². The van der Waals surface area contributed by atoms with Crippen LogP contribution in [-0.4, -0.2) is 37.2 Å². The molecule has 0 bridgehead atoms. The van der Waals surface area contributed by atoms with Gasteiger partial charge in [0.2, 0.25) is 11.8 Å². The lowest BCUT2D eigenvalue weighted by Crippen LogP contribution is -2.33. The second kappa shape index (κ2) is 9.44. The zero-order valence-corrected chi connectivity index (χ0v) is 19.7. The number of ether oxygens (including phenoxy) is 1. The van der Waals surface area contributed by atoms with Gasteiger partial charge in [0.1, 0.15) is 10.6 Å². The lowest BCUT2D eigenvalue weighted by Gasteiger charge is -2.32. The van der Waals surface area contributed by atoms with Crippen LogP contribution in [0.15, 0.2) is 36.7 Å². The van der Waals surface area contributed by atoms with Crippen LogP contribution >= 0.6 is 11.3 Å². The number of anilines is 2. The summed E-state index contributed by atoms with van der Waals surface area (Å²) in [4.78, 5) is 25.4. The minimum atomic E-state index is -1.07. The second-order valence-electron chi connectivity index (χ2n) is 8.77. The van der Waals surface area contributed by atoms with Crippen LogP contribution in [-0.2, 0) is 10.4 Å². The van der Waals surface area contributed by atoms with E-state index >= 15 is 0 Å². The molecule has 4 rings (SSSR count). The molecule has 1 aromatic carbocycles. The Bertz CT molecular complexity index is 1140. The van der Waals surface area contributed by atoms with Crippen molar-refractivity contribution in [1.29, 1.82) is 0 Å². The van der Waals surface area contributed by atoms with Gasteiger partial charge in [-0.15, -0.1) is 11.3 Å². The summed E-state index contributed by atoms with van der Waals surface area (Å²) in [6.07, 6.45) is 5.17. The van der Waals surface area contributed by atoms with E-state index in [1.54, 1.807) is 18.5 Å². The third-order valence-electron chi connectivity index (χ3n) is 5.67. The number of nitrogens with one attached hydrogen (secondary N) is 1. The number of carbonyl (C=O) groups is 1. The SMILES string of the molecule is Cc1cc(Nc2nccc(OC(C)C)n2)cc(-c2cnc([C@]3(O)CC[C@@H](C(=O)O)CC3)s2)c1. The van der Waals surface area contributed by atoms with E-state index in [1.807, 2.05) is 32.9 Å². The number of aliphatic hydroxyl groups is 1. The number of aromatic nitrogens is 3. The highest BCUT2D eigenvalue weighted by Gasteiger charge is 2.39. The predicted molar refractivity (Wildman–Crippen MR) is 127 cm³/mol. The van der Waals surface area contributed by atoms with Crippen LogP contribution in [0.5, 0.6) is 5.88 Å². The average Bonchev–Trinajstić information content (AvgIpc) is 3.25. The molecule has 1 fully saturated rings. The van der Waals surface area contributed by atoms with Crippen LogP contribution in [0, 0.1) is 12.8 Å². The van der Waals surface area contributed by atoms with Gasteiger partial charge in [-0.3, -0.25) is 4.79 Å².